The van der Waals surface area contributed by atoms with Gasteiger partial charge < -0.3 is 9.13 Å². The summed E-state index contributed by atoms with van der Waals surface area (Å²) in [6, 6.07) is 93.7. The first-order valence-electron chi connectivity index (χ1n) is 25.2. The van der Waals surface area contributed by atoms with Gasteiger partial charge in [-0.3, -0.25) is 0 Å². The number of rotatable bonds is 7. The van der Waals surface area contributed by atoms with Crippen molar-refractivity contribution < 1.29 is 0 Å². The molecule has 0 amide bonds. The predicted molar refractivity (Wildman–Crippen MR) is 308 cm³/mol. The molecule has 0 saturated carbocycles. The minimum absolute atomic E-state index is 0.591. The second kappa shape index (κ2) is 16.8. The van der Waals surface area contributed by atoms with Gasteiger partial charge in [0.1, 0.15) is 0 Å². The van der Waals surface area contributed by atoms with E-state index < -0.39 is 0 Å². The summed E-state index contributed by atoms with van der Waals surface area (Å²) in [6.45, 7) is 0. The van der Waals surface area contributed by atoms with Crippen LogP contribution in [0.2, 0.25) is 0 Å². The molecule has 15 aromatic rings. The Morgan fingerprint density at radius 2 is 0.811 bits per heavy atom. The molecule has 0 N–H and O–H groups in total. The van der Waals surface area contributed by atoms with Gasteiger partial charge in [-0.05, 0) is 86.8 Å². The largest absolute Gasteiger partial charge is 0.309 e. The summed E-state index contributed by atoms with van der Waals surface area (Å²) >= 11 is 0. The van der Waals surface area contributed by atoms with Crippen LogP contribution >= 0.6 is 0 Å². The summed E-state index contributed by atoms with van der Waals surface area (Å²) in [6.07, 6.45) is 0. The van der Waals surface area contributed by atoms with Gasteiger partial charge in [0.15, 0.2) is 17.5 Å². The zero-order chi connectivity index (χ0) is 48.7. The van der Waals surface area contributed by atoms with Gasteiger partial charge in [0.25, 0.3) is 0 Å². The minimum Gasteiger partial charge on any atom is -0.309 e. The molecule has 0 saturated heterocycles. The van der Waals surface area contributed by atoms with Gasteiger partial charge in [0, 0.05) is 60.3 Å². The van der Waals surface area contributed by atoms with Gasteiger partial charge in [-0.2, -0.15) is 0 Å². The fourth-order valence-corrected chi connectivity index (χ4v) is 11.6. The standard InChI is InChI=1S/C69H43N5/c1-5-20-44(21-6-1)50-37-38-53-60(41-50)66(74-63-42-49-28-14-13-27-48(49)40-59(63)56-39-36-46-24-15-16-31-52(46)64(56)74)58(45-22-7-2-8-23-45)43-61(53)69-71-67(47-25-9-3-10-26-47)70-68(72-69)57-34-19-33-55-54-32-17-18-35-62(54)73(65(55)57)51-29-11-4-12-30-51/h1-43H. The van der Waals surface area contributed by atoms with Crippen LogP contribution in [-0.4, -0.2) is 24.1 Å². The Balaban J connectivity index is 1.10. The highest BCUT2D eigenvalue weighted by Gasteiger charge is 2.26. The topological polar surface area (TPSA) is 48.5 Å². The summed E-state index contributed by atoms with van der Waals surface area (Å²) < 4.78 is 4.91. The molecule has 0 bridgehead atoms. The normalized spacial score (nSPS) is 11.8. The number of para-hydroxylation sites is 3. The number of hydrogen-bond acceptors (Lipinski definition) is 3. The lowest BCUT2D eigenvalue weighted by molar-refractivity contribution is 1.07. The third-order valence-corrected chi connectivity index (χ3v) is 14.9. The van der Waals surface area contributed by atoms with Crippen molar-refractivity contribution in [2.24, 2.45) is 0 Å². The molecule has 0 fully saturated rings. The maximum Gasteiger partial charge on any atom is 0.166 e. The van der Waals surface area contributed by atoms with E-state index >= 15 is 0 Å². The van der Waals surface area contributed by atoms with E-state index in [0.717, 1.165) is 83.0 Å². The van der Waals surface area contributed by atoms with Gasteiger partial charge in [-0.15, -0.1) is 0 Å². The Kier molecular flexibility index (Phi) is 9.50. The van der Waals surface area contributed by atoms with Crippen LogP contribution in [0, 0.1) is 0 Å². The fourth-order valence-electron chi connectivity index (χ4n) is 11.6. The molecule has 3 aromatic heterocycles. The third-order valence-electron chi connectivity index (χ3n) is 14.9. The van der Waals surface area contributed by atoms with Crippen LogP contribution in [0.1, 0.15) is 0 Å². The monoisotopic (exact) mass is 941 g/mol. The molecule has 15 rings (SSSR count). The van der Waals surface area contributed by atoms with E-state index in [0.29, 0.717) is 17.5 Å². The summed E-state index contributed by atoms with van der Waals surface area (Å²) in [5, 5.41) is 11.6. The molecule has 0 atom stereocenters. The van der Waals surface area contributed by atoms with Crippen molar-refractivity contribution in [1.29, 1.82) is 0 Å². The number of fused-ring (bicyclic) bond motifs is 10. The average Bonchev–Trinajstić information content (AvgIpc) is 4.00. The second-order valence-electron chi connectivity index (χ2n) is 19.1. The molecule has 0 aliphatic heterocycles. The van der Waals surface area contributed by atoms with Crippen molar-refractivity contribution in [2.75, 3.05) is 0 Å². The number of nitrogens with zero attached hydrogens (tertiary/aromatic N) is 5. The highest BCUT2D eigenvalue weighted by molar-refractivity contribution is 6.22. The maximum atomic E-state index is 5.64. The molecular weight excluding hydrogens is 899 g/mol. The van der Waals surface area contributed by atoms with E-state index in [-0.39, 0.29) is 0 Å². The molecule has 12 aromatic carbocycles. The van der Waals surface area contributed by atoms with Gasteiger partial charge in [-0.1, -0.05) is 212 Å². The quantitative estimate of drug-likeness (QED) is 0.160. The first kappa shape index (κ1) is 41.8. The van der Waals surface area contributed by atoms with Crippen LogP contribution in [0.25, 0.3) is 144 Å². The molecule has 0 spiro atoms. The molecule has 0 unspecified atom stereocenters. The third kappa shape index (κ3) is 6.60. The van der Waals surface area contributed by atoms with Crippen LogP contribution in [0.15, 0.2) is 261 Å². The highest BCUT2D eigenvalue weighted by atomic mass is 15.1. The number of aromatic nitrogens is 5. The average molecular weight is 942 g/mol. The van der Waals surface area contributed by atoms with Gasteiger partial charge in [0.2, 0.25) is 0 Å². The Hall–Kier alpha value is -9.97. The lowest BCUT2D eigenvalue weighted by atomic mass is 9.91. The predicted octanol–water partition coefficient (Wildman–Crippen LogP) is 17.9. The Labute approximate surface area is 426 Å². The van der Waals surface area contributed by atoms with Crippen LogP contribution in [-0.2, 0) is 0 Å². The molecule has 0 radical (unpaired) electrons. The van der Waals surface area contributed by atoms with Crippen molar-refractivity contribution in [3.05, 3.63) is 261 Å². The van der Waals surface area contributed by atoms with Crippen molar-refractivity contribution in [1.82, 2.24) is 24.1 Å². The molecule has 3 heterocycles. The first-order chi connectivity index (χ1) is 36.7. The maximum absolute atomic E-state index is 5.64. The first-order valence-corrected chi connectivity index (χ1v) is 25.2. The van der Waals surface area contributed by atoms with Gasteiger partial charge >= 0.3 is 0 Å². The second-order valence-corrected chi connectivity index (χ2v) is 19.1. The SMILES string of the molecule is c1ccc(-c2ccc3c(-c4nc(-c5ccccc5)nc(-c5cccc6c7ccccc7n(-c7ccccc7)c56)n4)cc(-c4ccccc4)c(-n4c5cc6ccccc6cc5c5ccc6ccccc6c54)c3c2)cc1. The lowest BCUT2D eigenvalue weighted by Gasteiger charge is -2.21. The van der Waals surface area contributed by atoms with E-state index in [1.165, 1.54) is 43.2 Å². The highest BCUT2D eigenvalue weighted by Crippen LogP contribution is 2.47. The van der Waals surface area contributed by atoms with E-state index in [2.05, 4.69) is 252 Å². The van der Waals surface area contributed by atoms with E-state index in [1.54, 1.807) is 0 Å². The zero-order valence-corrected chi connectivity index (χ0v) is 40.1. The number of hydrogen-bond donors (Lipinski definition) is 0. The van der Waals surface area contributed by atoms with Crippen molar-refractivity contribution in [3.8, 4) is 67.8 Å². The molecule has 5 nitrogen and oxygen atoms in total. The molecule has 74 heavy (non-hydrogen) atoms. The van der Waals surface area contributed by atoms with Crippen LogP contribution in [0.3, 0.4) is 0 Å². The Morgan fingerprint density at radius 1 is 0.243 bits per heavy atom. The summed E-state index contributed by atoms with van der Waals surface area (Å²) in [7, 11) is 0. The number of benzene rings is 12. The van der Waals surface area contributed by atoms with Crippen LogP contribution in [0.5, 0.6) is 0 Å². The van der Waals surface area contributed by atoms with Crippen molar-refractivity contribution in [3.63, 3.8) is 0 Å². The summed E-state index contributed by atoms with van der Waals surface area (Å²) in [4.78, 5) is 16.6. The summed E-state index contributed by atoms with van der Waals surface area (Å²) in [5.41, 5.74) is 13.8. The molecule has 0 aliphatic rings. The van der Waals surface area contributed by atoms with Gasteiger partial charge in [-0.25, -0.2) is 15.0 Å². The molecule has 5 heteroatoms. The molecule has 0 aliphatic carbocycles. The Morgan fingerprint density at radius 3 is 1.57 bits per heavy atom. The minimum atomic E-state index is 0.591. The van der Waals surface area contributed by atoms with E-state index in [9.17, 15) is 0 Å². The molecule has 344 valence electrons. The van der Waals surface area contributed by atoms with E-state index in [1.807, 2.05) is 18.2 Å². The smallest absolute Gasteiger partial charge is 0.166 e. The van der Waals surface area contributed by atoms with E-state index in [4.69, 9.17) is 15.0 Å². The lowest BCUT2D eigenvalue weighted by Crippen LogP contribution is -2.04. The zero-order valence-electron chi connectivity index (χ0n) is 40.1. The fraction of sp³-hybridized carbons (Fsp3) is 0. The van der Waals surface area contributed by atoms with Crippen molar-refractivity contribution >= 4 is 75.9 Å². The summed E-state index contributed by atoms with van der Waals surface area (Å²) in [5.74, 6) is 1.79. The van der Waals surface area contributed by atoms with Crippen LogP contribution < -0.4 is 0 Å². The van der Waals surface area contributed by atoms with Crippen LogP contribution in [0.4, 0.5) is 0 Å². The van der Waals surface area contributed by atoms with Crippen molar-refractivity contribution in [2.45, 2.75) is 0 Å². The van der Waals surface area contributed by atoms with Gasteiger partial charge in [0.05, 0.1) is 27.8 Å². The Bertz CT molecular complexity index is 4690. The molecular formula is C69H43N5.